The summed E-state index contributed by atoms with van der Waals surface area (Å²) in [6.07, 6.45) is 2.17. The lowest BCUT2D eigenvalue weighted by Crippen LogP contribution is -2.13. The maximum Gasteiger partial charge on any atom is 0.224 e. The van der Waals surface area contributed by atoms with Crippen LogP contribution < -0.4 is 10.6 Å². The largest absolute Gasteiger partial charge is 0.339 e. The molecule has 1 aromatic heterocycles. The van der Waals surface area contributed by atoms with Crippen molar-refractivity contribution in [1.82, 2.24) is 4.98 Å². The fourth-order valence-corrected chi connectivity index (χ4v) is 2.58. The quantitative estimate of drug-likeness (QED) is 0.797. The van der Waals surface area contributed by atoms with Gasteiger partial charge in [-0.1, -0.05) is 19.9 Å². The SMILES string of the molecule is Cc1ccc(Nc2ccc(NC(=O)CC(C)C)cn2)c(Br)c1. The number of carbonyl (C=O) groups is 1. The number of carbonyl (C=O) groups excluding carboxylic acids is 1. The molecule has 0 fully saturated rings. The molecule has 22 heavy (non-hydrogen) atoms. The number of nitrogens with one attached hydrogen (secondary N) is 2. The van der Waals surface area contributed by atoms with Crippen LogP contribution in [-0.2, 0) is 4.79 Å². The molecule has 0 atom stereocenters. The second kappa shape index (κ2) is 7.40. The average Bonchev–Trinajstić information content (AvgIpc) is 2.43. The summed E-state index contributed by atoms with van der Waals surface area (Å²) in [5.41, 5.74) is 2.85. The van der Waals surface area contributed by atoms with Crippen LogP contribution in [0.2, 0.25) is 0 Å². The number of benzene rings is 1. The third kappa shape index (κ3) is 4.84. The van der Waals surface area contributed by atoms with Crippen molar-refractivity contribution in [2.24, 2.45) is 5.92 Å². The van der Waals surface area contributed by atoms with Crippen LogP contribution in [-0.4, -0.2) is 10.9 Å². The molecule has 0 radical (unpaired) electrons. The zero-order chi connectivity index (χ0) is 16.1. The van der Waals surface area contributed by atoms with E-state index in [2.05, 4.69) is 31.5 Å². The zero-order valence-corrected chi connectivity index (χ0v) is 14.6. The monoisotopic (exact) mass is 361 g/mol. The summed E-state index contributed by atoms with van der Waals surface area (Å²) in [6, 6.07) is 9.77. The average molecular weight is 362 g/mol. The first kappa shape index (κ1) is 16.5. The van der Waals surface area contributed by atoms with E-state index in [4.69, 9.17) is 0 Å². The van der Waals surface area contributed by atoms with Crippen molar-refractivity contribution in [2.45, 2.75) is 27.2 Å². The Bertz CT molecular complexity index is 653. The third-order valence-electron chi connectivity index (χ3n) is 3.03. The molecule has 1 amide bonds. The highest BCUT2D eigenvalue weighted by molar-refractivity contribution is 9.10. The number of rotatable bonds is 5. The summed E-state index contributed by atoms with van der Waals surface area (Å²) in [5, 5.41) is 6.09. The van der Waals surface area contributed by atoms with Crippen molar-refractivity contribution in [1.29, 1.82) is 0 Å². The number of halogens is 1. The van der Waals surface area contributed by atoms with Gasteiger partial charge in [0.1, 0.15) is 5.82 Å². The van der Waals surface area contributed by atoms with E-state index < -0.39 is 0 Å². The summed E-state index contributed by atoms with van der Waals surface area (Å²) in [5.74, 6) is 1.08. The number of anilines is 3. The molecule has 0 bridgehead atoms. The Kier molecular flexibility index (Phi) is 5.55. The van der Waals surface area contributed by atoms with E-state index in [9.17, 15) is 4.79 Å². The van der Waals surface area contributed by atoms with Crippen LogP contribution in [0, 0.1) is 12.8 Å². The van der Waals surface area contributed by atoms with E-state index in [0.29, 0.717) is 18.0 Å². The van der Waals surface area contributed by atoms with E-state index in [-0.39, 0.29) is 5.91 Å². The smallest absolute Gasteiger partial charge is 0.224 e. The predicted molar refractivity (Wildman–Crippen MR) is 94.5 cm³/mol. The van der Waals surface area contributed by atoms with Gasteiger partial charge in [0, 0.05) is 10.9 Å². The van der Waals surface area contributed by atoms with Crippen molar-refractivity contribution >= 4 is 39.0 Å². The van der Waals surface area contributed by atoms with Gasteiger partial charge in [0.25, 0.3) is 0 Å². The highest BCUT2D eigenvalue weighted by atomic mass is 79.9. The third-order valence-corrected chi connectivity index (χ3v) is 3.68. The van der Waals surface area contributed by atoms with Gasteiger partial charge < -0.3 is 10.6 Å². The molecule has 4 nitrogen and oxygen atoms in total. The first-order valence-corrected chi connectivity index (χ1v) is 8.02. The molecule has 0 saturated heterocycles. The summed E-state index contributed by atoms with van der Waals surface area (Å²) >= 11 is 3.53. The molecular formula is C17H20BrN3O. The van der Waals surface area contributed by atoms with Gasteiger partial charge >= 0.3 is 0 Å². The van der Waals surface area contributed by atoms with Gasteiger partial charge in [-0.05, 0) is 58.6 Å². The van der Waals surface area contributed by atoms with E-state index >= 15 is 0 Å². The van der Waals surface area contributed by atoms with E-state index in [1.165, 1.54) is 5.56 Å². The fourth-order valence-electron chi connectivity index (χ4n) is 1.98. The van der Waals surface area contributed by atoms with Gasteiger partial charge in [0.15, 0.2) is 0 Å². The van der Waals surface area contributed by atoms with Gasteiger partial charge in [-0.25, -0.2) is 4.98 Å². The van der Waals surface area contributed by atoms with Gasteiger partial charge in [-0.2, -0.15) is 0 Å². The van der Waals surface area contributed by atoms with Crippen LogP contribution in [0.4, 0.5) is 17.2 Å². The molecule has 2 aromatic rings. The molecule has 2 rings (SSSR count). The lowest BCUT2D eigenvalue weighted by atomic mass is 10.1. The van der Waals surface area contributed by atoms with Crippen molar-refractivity contribution in [3.63, 3.8) is 0 Å². The standard InChI is InChI=1S/C17H20BrN3O/c1-11(2)8-17(22)20-13-5-7-16(19-10-13)21-15-6-4-12(3)9-14(15)18/h4-7,9-11H,8H2,1-3H3,(H,19,21)(H,20,22). The molecule has 0 aliphatic rings. The summed E-state index contributed by atoms with van der Waals surface area (Å²) in [4.78, 5) is 16.0. The lowest BCUT2D eigenvalue weighted by Gasteiger charge is -2.10. The molecule has 0 unspecified atom stereocenters. The van der Waals surface area contributed by atoms with Crippen LogP contribution in [0.5, 0.6) is 0 Å². The minimum absolute atomic E-state index is 0.0128. The molecule has 0 aliphatic heterocycles. The number of nitrogens with zero attached hydrogens (tertiary/aromatic N) is 1. The number of pyridine rings is 1. The van der Waals surface area contributed by atoms with Crippen LogP contribution in [0.15, 0.2) is 41.0 Å². The van der Waals surface area contributed by atoms with Gasteiger partial charge in [0.2, 0.25) is 5.91 Å². The van der Waals surface area contributed by atoms with Crippen LogP contribution in [0.25, 0.3) is 0 Å². The summed E-state index contributed by atoms with van der Waals surface area (Å²) in [6.45, 7) is 6.08. The zero-order valence-electron chi connectivity index (χ0n) is 13.0. The van der Waals surface area contributed by atoms with Crippen molar-refractivity contribution < 1.29 is 4.79 Å². The van der Waals surface area contributed by atoms with E-state index in [1.807, 2.05) is 51.1 Å². The predicted octanol–water partition coefficient (Wildman–Crippen LogP) is 4.88. The Hall–Kier alpha value is -1.88. The van der Waals surface area contributed by atoms with Gasteiger partial charge in [-0.3, -0.25) is 4.79 Å². The molecular weight excluding hydrogens is 342 g/mol. The number of amides is 1. The van der Waals surface area contributed by atoms with Crippen molar-refractivity contribution in [3.8, 4) is 0 Å². The molecule has 5 heteroatoms. The van der Waals surface area contributed by atoms with Crippen LogP contribution in [0.3, 0.4) is 0 Å². The first-order chi connectivity index (χ1) is 10.4. The second-order valence-corrected chi connectivity index (χ2v) is 6.54. The van der Waals surface area contributed by atoms with E-state index in [1.54, 1.807) is 6.20 Å². The Morgan fingerprint density at radius 2 is 2.05 bits per heavy atom. The topological polar surface area (TPSA) is 54.0 Å². The Morgan fingerprint density at radius 3 is 2.64 bits per heavy atom. The molecule has 1 heterocycles. The number of hydrogen-bond donors (Lipinski definition) is 2. The minimum atomic E-state index is 0.0128. The highest BCUT2D eigenvalue weighted by Gasteiger charge is 2.06. The van der Waals surface area contributed by atoms with Crippen LogP contribution in [0.1, 0.15) is 25.8 Å². The number of aromatic nitrogens is 1. The Morgan fingerprint density at radius 1 is 1.27 bits per heavy atom. The number of hydrogen-bond acceptors (Lipinski definition) is 3. The Labute approximate surface area is 139 Å². The fraction of sp³-hybridized carbons (Fsp3) is 0.294. The van der Waals surface area contributed by atoms with Crippen molar-refractivity contribution in [2.75, 3.05) is 10.6 Å². The summed E-state index contributed by atoms with van der Waals surface area (Å²) in [7, 11) is 0. The molecule has 116 valence electrons. The Balaban J connectivity index is 2.01. The maximum absolute atomic E-state index is 11.7. The normalized spacial score (nSPS) is 10.6. The van der Waals surface area contributed by atoms with Crippen molar-refractivity contribution in [3.05, 3.63) is 46.6 Å². The molecule has 0 saturated carbocycles. The van der Waals surface area contributed by atoms with Gasteiger partial charge in [-0.15, -0.1) is 0 Å². The minimum Gasteiger partial charge on any atom is -0.339 e. The van der Waals surface area contributed by atoms with Crippen LogP contribution >= 0.6 is 15.9 Å². The van der Waals surface area contributed by atoms with Gasteiger partial charge in [0.05, 0.1) is 17.6 Å². The molecule has 0 spiro atoms. The molecule has 0 aliphatic carbocycles. The molecule has 2 N–H and O–H groups in total. The first-order valence-electron chi connectivity index (χ1n) is 7.23. The van der Waals surface area contributed by atoms with E-state index in [0.717, 1.165) is 16.0 Å². The maximum atomic E-state index is 11.7. The molecule has 1 aromatic carbocycles. The summed E-state index contributed by atoms with van der Waals surface area (Å²) < 4.78 is 0.989. The highest BCUT2D eigenvalue weighted by Crippen LogP contribution is 2.26. The number of aryl methyl sites for hydroxylation is 1. The second-order valence-electron chi connectivity index (χ2n) is 5.69. The lowest BCUT2D eigenvalue weighted by molar-refractivity contribution is -0.116.